The van der Waals surface area contributed by atoms with E-state index >= 15 is 0 Å². The Labute approximate surface area is 131 Å². The zero-order chi connectivity index (χ0) is 15.4. The molecule has 3 rings (SSSR count). The fraction of sp³-hybridized carbons (Fsp3) is 0.316. The van der Waals surface area contributed by atoms with Crippen molar-refractivity contribution in [3.05, 3.63) is 70.8 Å². The van der Waals surface area contributed by atoms with Crippen LogP contribution in [0.4, 0.5) is 0 Å². The van der Waals surface area contributed by atoms with Crippen LogP contribution in [0.15, 0.2) is 48.5 Å². The summed E-state index contributed by atoms with van der Waals surface area (Å²) in [5, 5.41) is 8.82. The summed E-state index contributed by atoms with van der Waals surface area (Å²) < 4.78 is 11.7. The number of nitriles is 1. The molecule has 0 spiro atoms. The Bertz CT molecular complexity index is 647. The van der Waals surface area contributed by atoms with Crippen LogP contribution in [0.2, 0.25) is 0 Å². The fourth-order valence-electron chi connectivity index (χ4n) is 2.63. The topological polar surface area (TPSA) is 42.2 Å². The number of hydrogen-bond acceptors (Lipinski definition) is 3. The van der Waals surface area contributed by atoms with Crippen LogP contribution in [0.1, 0.15) is 41.4 Å². The average molecular weight is 293 g/mol. The molecule has 0 amide bonds. The van der Waals surface area contributed by atoms with Gasteiger partial charge >= 0.3 is 0 Å². The molecule has 1 heterocycles. The van der Waals surface area contributed by atoms with Gasteiger partial charge in [0.1, 0.15) is 0 Å². The lowest BCUT2D eigenvalue weighted by atomic mass is 9.98. The summed E-state index contributed by atoms with van der Waals surface area (Å²) in [5.41, 5.74) is 4.21. The summed E-state index contributed by atoms with van der Waals surface area (Å²) in [4.78, 5) is 0. The molecule has 1 saturated heterocycles. The van der Waals surface area contributed by atoms with E-state index in [0.717, 1.165) is 12.0 Å². The fourth-order valence-corrected chi connectivity index (χ4v) is 2.63. The molecular weight excluding hydrogens is 274 g/mol. The lowest BCUT2D eigenvalue weighted by Gasteiger charge is -2.30. The molecular formula is C19H19NO2. The largest absolute Gasteiger partial charge is 0.348 e. The summed E-state index contributed by atoms with van der Waals surface area (Å²) in [6, 6.07) is 18.1. The minimum Gasteiger partial charge on any atom is -0.348 e. The van der Waals surface area contributed by atoms with E-state index in [2.05, 4.69) is 37.3 Å². The molecule has 0 atom stereocenters. The van der Waals surface area contributed by atoms with Crippen molar-refractivity contribution >= 4 is 0 Å². The molecule has 0 N–H and O–H groups in total. The predicted octanol–water partition coefficient (Wildman–Crippen LogP) is 3.95. The predicted molar refractivity (Wildman–Crippen MR) is 84.4 cm³/mol. The first kappa shape index (κ1) is 14.8. The van der Waals surface area contributed by atoms with E-state index in [0.29, 0.717) is 18.8 Å². The molecule has 2 aromatic rings. The summed E-state index contributed by atoms with van der Waals surface area (Å²) in [5.74, 6) is 0.278. The minimum absolute atomic E-state index is 0.278. The van der Waals surface area contributed by atoms with Gasteiger partial charge in [0.15, 0.2) is 6.29 Å². The van der Waals surface area contributed by atoms with Crippen LogP contribution in [-0.2, 0) is 15.9 Å². The zero-order valence-electron chi connectivity index (χ0n) is 12.7. The minimum atomic E-state index is -0.334. The third-order valence-corrected chi connectivity index (χ3v) is 4.07. The number of aryl methyl sites for hydroxylation is 1. The lowest BCUT2D eigenvalue weighted by Crippen LogP contribution is -2.25. The van der Waals surface area contributed by atoms with Gasteiger partial charge in [-0.3, -0.25) is 0 Å². The molecule has 0 unspecified atom stereocenters. The third kappa shape index (κ3) is 3.19. The van der Waals surface area contributed by atoms with Crippen molar-refractivity contribution < 1.29 is 9.47 Å². The van der Waals surface area contributed by atoms with Crippen LogP contribution in [0.25, 0.3) is 0 Å². The Balaban J connectivity index is 1.62. The van der Waals surface area contributed by atoms with Gasteiger partial charge in [-0.25, -0.2) is 0 Å². The van der Waals surface area contributed by atoms with Gasteiger partial charge in [0.05, 0.1) is 24.8 Å². The van der Waals surface area contributed by atoms with Crippen molar-refractivity contribution in [2.45, 2.75) is 25.6 Å². The lowest BCUT2D eigenvalue weighted by molar-refractivity contribution is -0.191. The Morgan fingerprint density at radius 2 is 1.55 bits per heavy atom. The monoisotopic (exact) mass is 293 g/mol. The second kappa shape index (κ2) is 6.74. The van der Waals surface area contributed by atoms with E-state index in [-0.39, 0.29) is 12.2 Å². The first-order valence-electron chi connectivity index (χ1n) is 7.62. The molecule has 0 aromatic heterocycles. The number of benzene rings is 2. The molecule has 3 heteroatoms. The van der Waals surface area contributed by atoms with Gasteiger partial charge in [0.25, 0.3) is 0 Å². The molecule has 1 aliphatic heterocycles. The number of rotatable bonds is 3. The molecule has 22 heavy (non-hydrogen) atoms. The average Bonchev–Trinajstić information content (AvgIpc) is 2.62. The molecule has 1 aliphatic rings. The number of ether oxygens (including phenoxy) is 2. The van der Waals surface area contributed by atoms with Gasteiger partial charge in [-0.2, -0.15) is 5.26 Å². The molecule has 3 nitrogen and oxygen atoms in total. The van der Waals surface area contributed by atoms with E-state index in [1.54, 1.807) is 12.1 Å². The maximum atomic E-state index is 8.82. The van der Waals surface area contributed by atoms with E-state index in [1.165, 1.54) is 11.1 Å². The summed E-state index contributed by atoms with van der Waals surface area (Å²) in [6.07, 6.45) is 0.720. The van der Waals surface area contributed by atoms with Crippen LogP contribution in [0.3, 0.4) is 0 Å². The molecule has 1 fully saturated rings. The van der Waals surface area contributed by atoms with Gasteiger partial charge in [-0.1, -0.05) is 43.3 Å². The molecule has 0 radical (unpaired) electrons. The van der Waals surface area contributed by atoms with Crippen LogP contribution >= 0.6 is 0 Å². The van der Waals surface area contributed by atoms with Crippen molar-refractivity contribution in [1.29, 1.82) is 5.26 Å². The maximum Gasteiger partial charge on any atom is 0.183 e. The summed E-state index contributed by atoms with van der Waals surface area (Å²) >= 11 is 0. The zero-order valence-corrected chi connectivity index (χ0v) is 12.7. The quantitative estimate of drug-likeness (QED) is 0.860. The number of hydrogen-bond donors (Lipinski definition) is 0. The third-order valence-electron chi connectivity index (χ3n) is 4.07. The standard InChI is InChI=1S/C19H19NO2/c1-2-14-3-7-16(8-4-14)18-12-21-19(22-13-18)17-9-5-15(11-20)6-10-17/h3-10,18-19H,2,12-13H2,1H3. The van der Waals surface area contributed by atoms with Crippen LogP contribution in [0, 0.1) is 11.3 Å². The van der Waals surface area contributed by atoms with Gasteiger partial charge in [-0.05, 0) is 29.7 Å². The normalized spacial score (nSPS) is 21.3. The van der Waals surface area contributed by atoms with Crippen molar-refractivity contribution in [3.8, 4) is 6.07 Å². The number of nitrogens with zero attached hydrogens (tertiary/aromatic N) is 1. The van der Waals surface area contributed by atoms with Crippen LogP contribution in [0.5, 0.6) is 0 Å². The van der Waals surface area contributed by atoms with E-state index in [1.807, 2.05) is 12.1 Å². The highest BCUT2D eigenvalue weighted by atomic mass is 16.7. The molecule has 0 bridgehead atoms. The smallest absolute Gasteiger partial charge is 0.183 e. The maximum absolute atomic E-state index is 8.82. The van der Waals surface area contributed by atoms with Crippen molar-refractivity contribution in [3.63, 3.8) is 0 Å². The first-order valence-corrected chi connectivity index (χ1v) is 7.62. The Hall–Kier alpha value is -2.15. The summed E-state index contributed by atoms with van der Waals surface area (Å²) in [6.45, 7) is 3.45. The van der Waals surface area contributed by atoms with Crippen LogP contribution < -0.4 is 0 Å². The molecule has 0 aliphatic carbocycles. The Morgan fingerprint density at radius 1 is 0.955 bits per heavy atom. The van der Waals surface area contributed by atoms with E-state index < -0.39 is 0 Å². The Morgan fingerprint density at radius 3 is 2.09 bits per heavy atom. The van der Waals surface area contributed by atoms with Gasteiger partial charge < -0.3 is 9.47 Å². The molecule has 112 valence electrons. The van der Waals surface area contributed by atoms with Crippen molar-refractivity contribution in [2.75, 3.05) is 13.2 Å². The van der Waals surface area contributed by atoms with Gasteiger partial charge in [0, 0.05) is 11.5 Å². The SMILES string of the molecule is CCc1ccc(C2COC(c3ccc(C#N)cc3)OC2)cc1. The van der Waals surface area contributed by atoms with Gasteiger partial charge in [-0.15, -0.1) is 0 Å². The van der Waals surface area contributed by atoms with E-state index in [4.69, 9.17) is 14.7 Å². The van der Waals surface area contributed by atoms with Crippen molar-refractivity contribution in [2.24, 2.45) is 0 Å². The van der Waals surface area contributed by atoms with Gasteiger partial charge in [0.2, 0.25) is 0 Å². The highest BCUT2D eigenvalue weighted by molar-refractivity contribution is 5.32. The Kier molecular flexibility index (Phi) is 4.53. The highest BCUT2D eigenvalue weighted by Gasteiger charge is 2.24. The van der Waals surface area contributed by atoms with Crippen LogP contribution in [-0.4, -0.2) is 13.2 Å². The summed E-state index contributed by atoms with van der Waals surface area (Å²) in [7, 11) is 0. The highest BCUT2D eigenvalue weighted by Crippen LogP contribution is 2.30. The molecule has 2 aromatic carbocycles. The second-order valence-corrected chi connectivity index (χ2v) is 5.52. The van der Waals surface area contributed by atoms with E-state index in [9.17, 15) is 0 Å². The van der Waals surface area contributed by atoms with Crippen molar-refractivity contribution in [1.82, 2.24) is 0 Å². The molecule has 0 saturated carbocycles. The first-order chi connectivity index (χ1) is 10.8. The second-order valence-electron chi connectivity index (χ2n) is 5.52.